The van der Waals surface area contributed by atoms with Crippen molar-refractivity contribution in [1.29, 1.82) is 0 Å². The van der Waals surface area contributed by atoms with Crippen LogP contribution in [0.25, 0.3) is 0 Å². The van der Waals surface area contributed by atoms with Crippen LogP contribution in [0.4, 0.5) is 4.39 Å². The first-order valence-corrected chi connectivity index (χ1v) is 4.03. The van der Waals surface area contributed by atoms with Gasteiger partial charge in [0.05, 0.1) is 0 Å². The fourth-order valence-electron chi connectivity index (χ4n) is 0.814. The lowest BCUT2D eigenvalue weighted by atomic mass is 10.1. The molecule has 0 aromatic heterocycles. The van der Waals surface area contributed by atoms with Gasteiger partial charge in [0.2, 0.25) is 0 Å². The minimum Gasteiger partial charge on any atom is -0.376 e. The Labute approximate surface area is 78.4 Å². The van der Waals surface area contributed by atoms with Gasteiger partial charge in [0, 0.05) is 10.0 Å². The Bertz CT molecular complexity index is 330. The van der Waals surface area contributed by atoms with Gasteiger partial charge in [-0.3, -0.25) is 0 Å². The predicted octanol–water partition coefficient (Wildman–Crippen LogP) is 2.25. The molecule has 0 saturated carbocycles. The van der Waals surface area contributed by atoms with Gasteiger partial charge >= 0.3 is 0 Å². The summed E-state index contributed by atoms with van der Waals surface area (Å²) in [5, 5.41) is 9.20. The Morgan fingerprint density at radius 3 is 2.83 bits per heavy atom. The molecule has 0 heterocycles. The molecule has 1 nitrogen and oxygen atoms in total. The number of hydrogen-bond donors (Lipinski definition) is 1. The fraction of sp³-hybridized carbons (Fsp3) is 0.111. The monoisotopic (exact) mass is 228 g/mol. The van der Waals surface area contributed by atoms with Crippen LogP contribution in [-0.2, 0) is 0 Å². The number of halogens is 2. The van der Waals surface area contributed by atoms with Crippen LogP contribution in [0, 0.1) is 18.2 Å². The van der Waals surface area contributed by atoms with E-state index in [2.05, 4.69) is 21.9 Å². The molecule has 0 fully saturated rings. The normalized spacial score (nSPS) is 12.2. The van der Waals surface area contributed by atoms with Gasteiger partial charge in [-0.05, 0) is 18.2 Å². The van der Waals surface area contributed by atoms with Gasteiger partial charge in [0.1, 0.15) is 11.9 Å². The van der Waals surface area contributed by atoms with Gasteiger partial charge in [-0.15, -0.1) is 6.42 Å². The van der Waals surface area contributed by atoms with Crippen molar-refractivity contribution in [3.63, 3.8) is 0 Å². The first-order chi connectivity index (χ1) is 5.65. The predicted molar refractivity (Wildman–Crippen MR) is 47.9 cm³/mol. The highest BCUT2D eigenvalue weighted by Gasteiger charge is 2.08. The van der Waals surface area contributed by atoms with E-state index in [1.54, 1.807) is 0 Å². The van der Waals surface area contributed by atoms with E-state index in [0.29, 0.717) is 10.0 Å². The first kappa shape index (κ1) is 9.24. The zero-order chi connectivity index (χ0) is 9.14. The lowest BCUT2D eigenvalue weighted by Crippen LogP contribution is -1.95. The Balaban J connectivity index is 3.15. The quantitative estimate of drug-likeness (QED) is 0.732. The van der Waals surface area contributed by atoms with Crippen LogP contribution in [0.2, 0.25) is 0 Å². The van der Waals surface area contributed by atoms with E-state index in [1.165, 1.54) is 18.2 Å². The zero-order valence-electron chi connectivity index (χ0n) is 6.09. The molecule has 0 aliphatic heterocycles. The SMILES string of the molecule is C#C[C@H](O)c1cc(F)ccc1Br. The minimum absolute atomic E-state index is 0.373. The highest BCUT2D eigenvalue weighted by atomic mass is 79.9. The van der Waals surface area contributed by atoms with E-state index in [0.717, 1.165) is 0 Å². The number of aliphatic hydroxyl groups excluding tert-OH is 1. The van der Waals surface area contributed by atoms with Crippen molar-refractivity contribution in [1.82, 2.24) is 0 Å². The molecule has 0 amide bonds. The fourth-order valence-corrected chi connectivity index (χ4v) is 1.28. The maximum Gasteiger partial charge on any atom is 0.141 e. The number of terminal acetylenes is 1. The van der Waals surface area contributed by atoms with Crippen molar-refractivity contribution in [3.05, 3.63) is 34.1 Å². The van der Waals surface area contributed by atoms with Crippen LogP contribution >= 0.6 is 15.9 Å². The topological polar surface area (TPSA) is 20.2 Å². The lowest BCUT2D eigenvalue weighted by Gasteiger charge is -2.05. The number of aliphatic hydroxyl groups is 1. The molecule has 3 heteroatoms. The number of rotatable bonds is 1. The Hall–Kier alpha value is -0.850. The van der Waals surface area contributed by atoms with E-state index in [1.807, 2.05) is 0 Å². The van der Waals surface area contributed by atoms with Crippen molar-refractivity contribution >= 4 is 15.9 Å². The molecule has 1 atom stereocenters. The third kappa shape index (κ3) is 1.84. The second-order valence-corrected chi connectivity index (χ2v) is 3.09. The summed E-state index contributed by atoms with van der Waals surface area (Å²) in [7, 11) is 0. The highest BCUT2D eigenvalue weighted by molar-refractivity contribution is 9.10. The smallest absolute Gasteiger partial charge is 0.141 e. The van der Waals surface area contributed by atoms with Gasteiger partial charge in [0.15, 0.2) is 0 Å². The molecule has 0 spiro atoms. The van der Waals surface area contributed by atoms with Crippen LogP contribution in [-0.4, -0.2) is 5.11 Å². The van der Waals surface area contributed by atoms with Crippen LogP contribution < -0.4 is 0 Å². The largest absolute Gasteiger partial charge is 0.376 e. The second kappa shape index (κ2) is 3.70. The van der Waals surface area contributed by atoms with E-state index >= 15 is 0 Å². The molecule has 0 radical (unpaired) electrons. The highest BCUT2D eigenvalue weighted by Crippen LogP contribution is 2.23. The van der Waals surface area contributed by atoms with Crippen LogP contribution in [0.3, 0.4) is 0 Å². The molecule has 1 rings (SSSR count). The maximum absolute atomic E-state index is 12.6. The van der Waals surface area contributed by atoms with Crippen molar-refractivity contribution in [3.8, 4) is 12.3 Å². The van der Waals surface area contributed by atoms with Crippen LogP contribution in [0.15, 0.2) is 22.7 Å². The molecular formula is C9H6BrFO. The van der Waals surface area contributed by atoms with Crippen molar-refractivity contribution < 1.29 is 9.50 Å². The summed E-state index contributed by atoms with van der Waals surface area (Å²) >= 11 is 3.15. The third-order valence-corrected chi connectivity index (χ3v) is 2.13. The molecule has 62 valence electrons. The van der Waals surface area contributed by atoms with E-state index in [9.17, 15) is 9.50 Å². The molecule has 0 saturated heterocycles. The summed E-state index contributed by atoms with van der Waals surface area (Å²) in [4.78, 5) is 0. The molecule has 0 aliphatic rings. The van der Waals surface area contributed by atoms with Crippen LogP contribution in [0.1, 0.15) is 11.7 Å². The van der Waals surface area contributed by atoms with E-state index in [4.69, 9.17) is 6.42 Å². The molecule has 1 aromatic carbocycles. The average molecular weight is 229 g/mol. The van der Waals surface area contributed by atoms with Crippen molar-refractivity contribution in [2.75, 3.05) is 0 Å². The van der Waals surface area contributed by atoms with Gasteiger partial charge in [-0.1, -0.05) is 21.9 Å². The Morgan fingerprint density at radius 2 is 2.25 bits per heavy atom. The summed E-state index contributed by atoms with van der Waals surface area (Å²) in [5.74, 6) is 1.69. The van der Waals surface area contributed by atoms with Gasteiger partial charge in [-0.25, -0.2) is 4.39 Å². The summed E-state index contributed by atoms with van der Waals surface area (Å²) < 4.78 is 13.2. The molecule has 1 N–H and O–H groups in total. The number of hydrogen-bond acceptors (Lipinski definition) is 1. The first-order valence-electron chi connectivity index (χ1n) is 3.24. The molecular weight excluding hydrogens is 223 g/mol. The summed E-state index contributed by atoms with van der Waals surface area (Å²) in [6, 6.07) is 4.00. The summed E-state index contributed by atoms with van der Waals surface area (Å²) in [6.45, 7) is 0. The van der Waals surface area contributed by atoms with Gasteiger partial charge < -0.3 is 5.11 Å². The Morgan fingerprint density at radius 1 is 1.58 bits per heavy atom. The maximum atomic E-state index is 12.6. The minimum atomic E-state index is -1.06. The number of benzene rings is 1. The Kier molecular flexibility index (Phi) is 2.85. The van der Waals surface area contributed by atoms with Gasteiger partial charge in [0.25, 0.3) is 0 Å². The van der Waals surface area contributed by atoms with Crippen LogP contribution in [0.5, 0.6) is 0 Å². The molecule has 1 aromatic rings. The summed E-state index contributed by atoms with van der Waals surface area (Å²) in [5.41, 5.74) is 0.373. The van der Waals surface area contributed by atoms with E-state index in [-0.39, 0.29) is 0 Å². The van der Waals surface area contributed by atoms with Gasteiger partial charge in [-0.2, -0.15) is 0 Å². The zero-order valence-corrected chi connectivity index (χ0v) is 7.68. The van der Waals surface area contributed by atoms with Crippen molar-refractivity contribution in [2.24, 2.45) is 0 Å². The molecule has 0 unspecified atom stereocenters. The second-order valence-electron chi connectivity index (χ2n) is 2.24. The third-order valence-electron chi connectivity index (χ3n) is 1.41. The lowest BCUT2D eigenvalue weighted by molar-refractivity contribution is 0.237. The summed E-state index contributed by atoms with van der Waals surface area (Å²) in [6.07, 6.45) is 3.92. The average Bonchev–Trinajstić information content (AvgIpc) is 2.08. The molecule has 0 bridgehead atoms. The van der Waals surface area contributed by atoms with Crippen molar-refractivity contribution in [2.45, 2.75) is 6.10 Å². The molecule has 0 aliphatic carbocycles. The molecule has 12 heavy (non-hydrogen) atoms. The standard InChI is InChI=1S/C9H6BrFO/c1-2-9(12)7-5-6(11)3-4-8(7)10/h1,3-5,9,12H/t9-/m0/s1. The van der Waals surface area contributed by atoms with E-state index < -0.39 is 11.9 Å².